The lowest BCUT2D eigenvalue weighted by atomic mass is 10.2. The van der Waals surface area contributed by atoms with Gasteiger partial charge in [0.05, 0.1) is 0 Å². The monoisotopic (exact) mass is 207 g/mol. The van der Waals surface area contributed by atoms with Gasteiger partial charge in [-0.2, -0.15) is 0 Å². The second kappa shape index (κ2) is 3.51. The van der Waals surface area contributed by atoms with Crippen LogP contribution in [0.4, 0.5) is 0 Å². The molecule has 0 saturated carbocycles. The highest BCUT2D eigenvalue weighted by molar-refractivity contribution is 7.11. The Balaban J connectivity index is 2.32. The summed E-state index contributed by atoms with van der Waals surface area (Å²) in [6, 6.07) is 1.44. The predicted molar refractivity (Wildman–Crippen MR) is 46.8 cm³/mol. The minimum Gasteiger partial charge on any atom is -0.364 e. The number of carbonyl (C=O) groups excluding carboxylic acids is 2. The Bertz CT molecular complexity index is 461. The number of thiazole rings is 1. The first-order chi connectivity index (χ1) is 6.81. The Morgan fingerprint density at radius 1 is 1.50 bits per heavy atom. The summed E-state index contributed by atoms with van der Waals surface area (Å²) in [6.45, 7) is 0. The first-order valence-electron chi connectivity index (χ1n) is 3.60. The van der Waals surface area contributed by atoms with Crippen LogP contribution in [0.2, 0.25) is 0 Å². The second-order valence-corrected chi connectivity index (χ2v) is 3.21. The quantitative estimate of drug-likeness (QED) is 0.696. The molecule has 2 rings (SSSR count). The Labute approximate surface area is 82.4 Å². The number of hydrogen-bond acceptors (Lipinski definition) is 6. The smallest absolute Gasteiger partial charge is 0.264 e. The zero-order valence-electron chi connectivity index (χ0n) is 6.76. The predicted octanol–water partition coefficient (Wildman–Crippen LogP) is 0.820. The number of ketones is 1. The molecule has 0 saturated heterocycles. The van der Waals surface area contributed by atoms with Gasteiger partial charge in [0.15, 0.2) is 10.7 Å². The molecule has 0 aliphatic heterocycles. The molecule has 2 aromatic rings. The maximum Gasteiger partial charge on any atom is 0.264 e. The molecule has 0 N–H and O–H groups in total. The Hall–Kier alpha value is -1.82. The number of carbonyl (C=O) groups is 1. The summed E-state index contributed by atoms with van der Waals surface area (Å²) < 4.78 is 4.52. The van der Waals surface area contributed by atoms with Gasteiger partial charge in [-0.25, -0.2) is 4.98 Å². The molecular weight excluding hydrogens is 204 g/mol. The standard InChI is InChI=1S/C8H3N2O3S/c11-3-7-9-6(4-14-7)8(12)5-1-2-13-10-5/h1-2,4H. The van der Waals surface area contributed by atoms with Gasteiger partial charge in [0.25, 0.3) is 6.29 Å². The van der Waals surface area contributed by atoms with Crippen molar-refractivity contribution < 1.29 is 14.1 Å². The lowest BCUT2D eigenvalue weighted by Crippen LogP contribution is -2.02. The van der Waals surface area contributed by atoms with Crippen LogP contribution in [0.1, 0.15) is 21.2 Å². The summed E-state index contributed by atoms with van der Waals surface area (Å²) in [5.41, 5.74) is 0.356. The average molecular weight is 207 g/mol. The molecule has 2 aromatic heterocycles. The SMILES string of the molecule is O=[C]c1nc(C(=O)c2ccon2)cs1. The van der Waals surface area contributed by atoms with E-state index in [4.69, 9.17) is 0 Å². The van der Waals surface area contributed by atoms with E-state index in [2.05, 4.69) is 14.7 Å². The van der Waals surface area contributed by atoms with E-state index >= 15 is 0 Å². The van der Waals surface area contributed by atoms with E-state index < -0.39 is 0 Å². The molecule has 0 unspecified atom stereocenters. The normalized spacial score (nSPS) is 10.0. The van der Waals surface area contributed by atoms with Gasteiger partial charge in [-0.3, -0.25) is 9.59 Å². The van der Waals surface area contributed by atoms with Crippen molar-refractivity contribution in [2.45, 2.75) is 0 Å². The Morgan fingerprint density at radius 2 is 2.36 bits per heavy atom. The maximum absolute atomic E-state index is 11.5. The van der Waals surface area contributed by atoms with Gasteiger partial charge in [0.1, 0.15) is 12.0 Å². The summed E-state index contributed by atoms with van der Waals surface area (Å²) in [5, 5.41) is 5.10. The third-order valence-corrected chi connectivity index (χ3v) is 2.23. The van der Waals surface area contributed by atoms with Crippen molar-refractivity contribution in [1.29, 1.82) is 0 Å². The van der Waals surface area contributed by atoms with E-state index in [9.17, 15) is 9.59 Å². The molecule has 5 nitrogen and oxygen atoms in total. The highest BCUT2D eigenvalue weighted by Crippen LogP contribution is 2.11. The van der Waals surface area contributed by atoms with E-state index in [0.29, 0.717) is 0 Å². The minimum atomic E-state index is -0.364. The largest absolute Gasteiger partial charge is 0.364 e. The zero-order chi connectivity index (χ0) is 9.97. The molecule has 0 aliphatic rings. The van der Waals surface area contributed by atoms with Crippen LogP contribution >= 0.6 is 11.3 Å². The Morgan fingerprint density at radius 3 is 2.93 bits per heavy atom. The summed E-state index contributed by atoms with van der Waals surface area (Å²) >= 11 is 1.06. The molecule has 0 bridgehead atoms. The molecular formula is C8H3N2O3S. The van der Waals surface area contributed by atoms with Crippen LogP contribution in [0.3, 0.4) is 0 Å². The number of rotatable bonds is 3. The molecule has 6 heteroatoms. The first-order valence-corrected chi connectivity index (χ1v) is 4.48. The summed E-state index contributed by atoms with van der Waals surface area (Å²) in [4.78, 5) is 25.5. The van der Waals surface area contributed by atoms with Gasteiger partial charge in [-0.15, -0.1) is 11.3 Å². The van der Waals surface area contributed by atoms with Crippen LogP contribution in [-0.4, -0.2) is 22.2 Å². The third kappa shape index (κ3) is 1.47. The summed E-state index contributed by atoms with van der Waals surface area (Å²) in [7, 11) is 0. The fourth-order valence-electron chi connectivity index (χ4n) is 0.886. The fourth-order valence-corrected chi connectivity index (χ4v) is 1.47. The molecule has 69 valence electrons. The van der Waals surface area contributed by atoms with E-state index in [1.807, 2.05) is 0 Å². The van der Waals surface area contributed by atoms with Crippen molar-refractivity contribution >= 4 is 23.4 Å². The minimum absolute atomic E-state index is 0.150. The highest BCUT2D eigenvalue weighted by atomic mass is 32.1. The van der Waals surface area contributed by atoms with Gasteiger partial charge in [0.2, 0.25) is 5.78 Å². The molecule has 0 aromatic carbocycles. The van der Waals surface area contributed by atoms with Crippen molar-refractivity contribution in [2.24, 2.45) is 0 Å². The first kappa shape index (κ1) is 8.76. The topological polar surface area (TPSA) is 73.1 Å². The highest BCUT2D eigenvalue weighted by Gasteiger charge is 2.15. The van der Waals surface area contributed by atoms with E-state index in [0.717, 1.165) is 11.3 Å². The van der Waals surface area contributed by atoms with Crippen LogP contribution < -0.4 is 0 Å². The van der Waals surface area contributed by atoms with E-state index in [-0.39, 0.29) is 22.2 Å². The Kier molecular flexibility index (Phi) is 2.19. The second-order valence-electron chi connectivity index (χ2n) is 2.35. The molecule has 0 fully saturated rings. The number of hydrogen-bond donors (Lipinski definition) is 0. The fraction of sp³-hybridized carbons (Fsp3) is 0. The molecule has 0 amide bonds. The van der Waals surface area contributed by atoms with Gasteiger partial charge in [0, 0.05) is 11.4 Å². The van der Waals surface area contributed by atoms with Crippen molar-refractivity contribution in [3.8, 4) is 0 Å². The van der Waals surface area contributed by atoms with Crippen LogP contribution in [0.5, 0.6) is 0 Å². The average Bonchev–Trinajstić information content (AvgIpc) is 2.88. The van der Waals surface area contributed by atoms with Gasteiger partial charge >= 0.3 is 0 Å². The van der Waals surface area contributed by atoms with Gasteiger partial charge < -0.3 is 4.52 Å². The number of aromatic nitrogens is 2. The molecule has 0 aliphatic carbocycles. The van der Waals surface area contributed by atoms with Crippen molar-refractivity contribution in [1.82, 2.24) is 10.1 Å². The van der Waals surface area contributed by atoms with Crippen molar-refractivity contribution in [3.05, 3.63) is 34.1 Å². The third-order valence-electron chi connectivity index (χ3n) is 1.49. The lowest BCUT2D eigenvalue weighted by molar-refractivity contribution is 0.102. The van der Waals surface area contributed by atoms with Gasteiger partial charge in [-0.1, -0.05) is 5.16 Å². The van der Waals surface area contributed by atoms with Crippen LogP contribution in [0.15, 0.2) is 22.2 Å². The van der Waals surface area contributed by atoms with E-state index in [1.165, 1.54) is 17.7 Å². The maximum atomic E-state index is 11.5. The van der Waals surface area contributed by atoms with Gasteiger partial charge in [-0.05, 0) is 0 Å². The van der Waals surface area contributed by atoms with Crippen LogP contribution in [-0.2, 0) is 4.79 Å². The van der Waals surface area contributed by atoms with Crippen LogP contribution in [0.25, 0.3) is 0 Å². The van der Waals surface area contributed by atoms with Crippen molar-refractivity contribution in [3.63, 3.8) is 0 Å². The molecule has 1 radical (unpaired) electrons. The number of nitrogens with zero attached hydrogens (tertiary/aromatic N) is 2. The lowest BCUT2D eigenvalue weighted by Gasteiger charge is -1.87. The van der Waals surface area contributed by atoms with E-state index in [1.54, 1.807) is 6.29 Å². The zero-order valence-corrected chi connectivity index (χ0v) is 7.58. The van der Waals surface area contributed by atoms with Crippen LogP contribution in [0, 0.1) is 0 Å². The summed E-state index contributed by atoms with van der Waals surface area (Å²) in [5.74, 6) is -0.364. The molecule has 2 heterocycles. The summed E-state index contributed by atoms with van der Waals surface area (Å²) in [6.07, 6.45) is 2.91. The molecule has 0 spiro atoms. The van der Waals surface area contributed by atoms with Crippen molar-refractivity contribution in [2.75, 3.05) is 0 Å². The molecule has 14 heavy (non-hydrogen) atoms. The molecule has 0 atom stereocenters.